The maximum absolute atomic E-state index is 11.7. The van der Waals surface area contributed by atoms with Crippen LogP contribution < -0.4 is 15.4 Å². The molecule has 1 fully saturated rings. The molecule has 1 saturated carbocycles. The summed E-state index contributed by atoms with van der Waals surface area (Å²) in [5, 5.41) is 17.9. The van der Waals surface area contributed by atoms with Gasteiger partial charge in [-0.05, 0) is 37.1 Å². The molecule has 0 atom stereocenters. The normalized spacial score (nSPS) is 15.1. The lowest BCUT2D eigenvalue weighted by atomic mass is 10.1. The van der Waals surface area contributed by atoms with Crippen molar-refractivity contribution in [3.63, 3.8) is 0 Å². The fraction of sp³-hybridized carbons (Fsp3) is 0.444. The predicted molar refractivity (Wildman–Crippen MR) is 100 cm³/mol. The summed E-state index contributed by atoms with van der Waals surface area (Å²) in [5.41, 5.74) is 0.556. The zero-order chi connectivity index (χ0) is 18.4. The van der Waals surface area contributed by atoms with E-state index in [0.717, 1.165) is 25.7 Å². The lowest BCUT2D eigenvalue weighted by Crippen LogP contribution is -2.20. The maximum Gasteiger partial charge on any atom is 0.353 e. The molecule has 0 radical (unpaired) electrons. The van der Waals surface area contributed by atoms with Crippen molar-refractivity contribution >= 4 is 23.0 Å². The number of hydrogen-bond donors (Lipinski definition) is 2. The smallest absolute Gasteiger partial charge is 0.353 e. The number of nitro groups is 1. The van der Waals surface area contributed by atoms with Crippen molar-refractivity contribution in [1.29, 1.82) is 0 Å². The van der Waals surface area contributed by atoms with Gasteiger partial charge in [0, 0.05) is 11.7 Å². The van der Waals surface area contributed by atoms with E-state index in [1.165, 1.54) is 19.2 Å². The van der Waals surface area contributed by atoms with Gasteiger partial charge in [-0.3, -0.25) is 10.1 Å². The quantitative estimate of drug-likeness (QED) is 0.452. The minimum atomic E-state index is -0.440. The first kappa shape index (κ1) is 17.9. The predicted octanol–water partition coefficient (Wildman–Crippen LogP) is 4.27. The van der Waals surface area contributed by atoms with Gasteiger partial charge in [-0.1, -0.05) is 25.7 Å². The highest BCUT2D eigenvalue weighted by molar-refractivity contribution is 5.74. The maximum atomic E-state index is 11.7. The van der Waals surface area contributed by atoms with E-state index in [1.807, 2.05) is 0 Å². The first-order valence-corrected chi connectivity index (χ1v) is 8.84. The zero-order valence-corrected chi connectivity index (χ0v) is 14.8. The van der Waals surface area contributed by atoms with Crippen LogP contribution in [-0.2, 0) is 0 Å². The first-order chi connectivity index (χ1) is 12.7. The van der Waals surface area contributed by atoms with Crippen LogP contribution in [0, 0.1) is 10.1 Å². The Kier molecular flexibility index (Phi) is 5.83. The number of aromatic nitrogens is 2. The Morgan fingerprint density at radius 3 is 2.35 bits per heavy atom. The third-order valence-electron chi connectivity index (χ3n) is 4.55. The van der Waals surface area contributed by atoms with Crippen LogP contribution in [0.25, 0.3) is 0 Å². The standard InChI is InChI=1S/C18H23N5O3/c1-26-15-10-8-14(9-11-15)22-18-16(23(24)25)17(19-12-20-18)21-13-6-4-2-3-5-7-13/h8-13H,2-7H2,1H3,(H2,19,20,21,22). The van der Waals surface area contributed by atoms with Crippen molar-refractivity contribution < 1.29 is 9.66 Å². The Hall–Kier alpha value is -2.90. The summed E-state index contributed by atoms with van der Waals surface area (Å²) in [7, 11) is 1.59. The van der Waals surface area contributed by atoms with Gasteiger partial charge in [-0.25, -0.2) is 9.97 Å². The molecular formula is C18H23N5O3. The van der Waals surface area contributed by atoms with E-state index in [9.17, 15) is 10.1 Å². The highest BCUT2D eigenvalue weighted by atomic mass is 16.6. The molecule has 0 aliphatic heterocycles. The summed E-state index contributed by atoms with van der Waals surface area (Å²) in [6, 6.07) is 7.33. The Balaban J connectivity index is 1.83. The van der Waals surface area contributed by atoms with Gasteiger partial charge in [0.25, 0.3) is 0 Å². The number of benzene rings is 1. The molecule has 0 bridgehead atoms. The van der Waals surface area contributed by atoms with Gasteiger partial charge in [-0.2, -0.15) is 0 Å². The van der Waals surface area contributed by atoms with E-state index in [0.29, 0.717) is 11.4 Å². The van der Waals surface area contributed by atoms with Crippen molar-refractivity contribution in [2.75, 3.05) is 17.7 Å². The molecular weight excluding hydrogens is 334 g/mol. The molecule has 0 spiro atoms. The van der Waals surface area contributed by atoms with Crippen LogP contribution in [0.1, 0.15) is 38.5 Å². The number of anilines is 3. The number of nitrogens with one attached hydrogen (secondary N) is 2. The number of ether oxygens (including phenoxy) is 1. The molecule has 138 valence electrons. The molecule has 1 aliphatic carbocycles. The van der Waals surface area contributed by atoms with Crippen molar-refractivity contribution in [3.8, 4) is 5.75 Å². The third-order valence-corrected chi connectivity index (χ3v) is 4.55. The second-order valence-electron chi connectivity index (χ2n) is 6.36. The largest absolute Gasteiger partial charge is 0.497 e. The van der Waals surface area contributed by atoms with Crippen LogP contribution in [0.2, 0.25) is 0 Å². The monoisotopic (exact) mass is 357 g/mol. The minimum Gasteiger partial charge on any atom is -0.497 e. The van der Waals surface area contributed by atoms with Gasteiger partial charge in [-0.15, -0.1) is 0 Å². The number of rotatable bonds is 6. The summed E-state index contributed by atoms with van der Waals surface area (Å²) in [4.78, 5) is 19.4. The van der Waals surface area contributed by atoms with E-state index in [-0.39, 0.29) is 23.4 Å². The first-order valence-electron chi connectivity index (χ1n) is 8.84. The van der Waals surface area contributed by atoms with E-state index in [4.69, 9.17) is 4.74 Å². The van der Waals surface area contributed by atoms with Crippen molar-refractivity contribution in [3.05, 3.63) is 40.7 Å². The number of hydrogen-bond acceptors (Lipinski definition) is 7. The molecule has 2 aromatic rings. The van der Waals surface area contributed by atoms with Gasteiger partial charge in [0.1, 0.15) is 12.1 Å². The van der Waals surface area contributed by atoms with E-state index in [2.05, 4.69) is 20.6 Å². The molecule has 0 amide bonds. The molecule has 26 heavy (non-hydrogen) atoms. The van der Waals surface area contributed by atoms with Gasteiger partial charge < -0.3 is 15.4 Å². The lowest BCUT2D eigenvalue weighted by molar-refractivity contribution is -0.383. The molecule has 3 rings (SSSR count). The van der Waals surface area contributed by atoms with Crippen LogP contribution in [0.5, 0.6) is 5.75 Å². The van der Waals surface area contributed by atoms with E-state index in [1.54, 1.807) is 31.4 Å². The summed E-state index contributed by atoms with van der Waals surface area (Å²) >= 11 is 0. The highest BCUT2D eigenvalue weighted by Gasteiger charge is 2.25. The Morgan fingerprint density at radius 2 is 1.73 bits per heavy atom. The summed E-state index contributed by atoms with van der Waals surface area (Å²) in [6.45, 7) is 0. The third kappa shape index (κ3) is 4.38. The Labute approximate surface area is 152 Å². The van der Waals surface area contributed by atoms with Crippen molar-refractivity contribution in [2.24, 2.45) is 0 Å². The van der Waals surface area contributed by atoms with Gasteiger partial charge in [0.2, 0.25) is 11.6 Å². The second kappa shape index (κ2) is 8.46. The fourth-order valence-corrected chi connectivity index (χ4v) is 3.18. The molecule has 1 aliphatic rings. The lowest BCUT2D eigenvalue weighted by Gasteiger charge is -2.17. The average Bonchev–Trinajstić information content (AvgIpc) is 2.91. The zero-order valence-electron chi connectivity index (χ0n) is 14.8. The van der Waals surface area contributed by atoms with Crippen molar-refractivity contribution in [1.82, 2.24) is 9.97 Å². The topological polar surface area (TPSA) is 102 Å². The number of methoxy groups -OCH3 is 1. The molecule has 8 nitrogen and oxygen atoms in total. The van der Waals surface area contributed by atoms with E-state index < -0.39 is 4.92 Å². The fourth-order valence-electron chi connectivity index (χ4n) is 3.18. The van der Waals surface area contributed by atoms with Crippen LogP contribution in [0.4, 0.5) is 23.0 Å². The molecule has 0 saturated heterocycles. The van der Waals surface area contributed by atoms with Crippen LogP contribution in [0.3, 0.4) is 0 Å². The molecule has 8 heteroatoms. The minimum absolute atomic E-state index is 0.132. The summed E-state index contributed by atoms with van der Waals surface area (Å²) < 4.78 is 5.12. The van der Waals surface area contributed by atoms with Crippen molar-refractivity contribution in [2.45, 2.75) is 44.6 Å². The summed E-state index contributed by atoms with van der Waals surface area (Å²) in [5.74, 6) is 1.16. The summed E-state index contributed by atoms with van der Waals surface area (Å²) in [6.07, 6.45) is 8.05. The molecule has 0 unspecified atom stereocenters. The van der Waals surface area contributed by atoms with Crippen LogP contribution in [0.15, 0.2) is 30.6 Å². The van der Waals surface area contributed by atoms with E-state index >= 15 is 0 Å². The Morgan fingerprint density at radius 1 is 1.08 bits per heavy atom. The highest BCUT2D eigenvalue weighted by Crippen LogP contribution is 2.33. The molecule has 1 aromatic carbocycles. The van der Waals surface area contributed by atoms with Crippen LogP contribution >= 0.6 is 0 Å². The molecule has 1 aromatic heterocycles. The Bertz CT molecular complexity index is 743. The average molecular weight is 357 g/mol. The van der Waals surface area contributed by atoms with Gasteiger partial charge >= 0.3 is 5.69 Å². The second-order valence-corrected chi connectivity index (χ2v) is 6.36. The van der Waals surface area contributed by atoms with Crippen LogP contribution in [-0.4, -0.2) is 28.0 Å². The SMILES string of the molecule is COc1ccc(Nc2ncnc(NC3CCCCCC3)c2[N+](=O)[O-])cc1. The molecule has 1 heterocycles. The molecule has 2 N–H and O–H groups in total. The van der Waals surface area contributed by atoms with Gasteiger partial charge in [0.05, 0.1) is 12.0 Å². The number of nitrogens with zero attached hydrogens (tertiary/aromatic N) is 3. The van der Waals surface area contributed by atoms with Gasteiger partial charge in [0.15, 0.2) is 0 Å².